The molecular formula is C28H37BrN4O2Si. The fraction of sp³-hybridized carbons (Fsp3) is 0.429. The van der Waals surface area contributed by atoms with Crippen LogP contribution in [-0.4, -0.2) is 48.5 Å². The number of carbonyl (C=O) groups is 1. The highest BCUT2D eigenvalue weighted by atomic mass is 79.9. The van der Waals surface area contributed by atoms with E-state index in [2.05, 4.69) is 78.6 Å². The second-order valence-electron chi connectivity index (χ2n) is 11.1. The number of hydrogen-bond acceptors (Lipinski definition) is 3. The zero-order valence-corrected chi connectivity index (χ0v) is 24.7. The zero-order chi connectivity index (χ0) is 26.1. The van der Waals surface area contributed by atoms with Crippen LogP contribution in [-0.2, 0) is 23.9 Å². The van der Waals surface area contributed by atoms with Crippen LogP contribution in [0.25, 0.3) is 0 Å². The van der Waals surface area contributed by atoms with Gasteiger partial charge in [-0.2, -0.15) is 0 Å². The van der Waals surface area contributed by atoms with Crippen molar-refractivity contribution in [2.45, 2.75) is 64.5 Å². The highest BCUT2D eigenvalue weighted by Crippen LogP contribution is 2.37. The van der Waals surface area contributed by atoms with Crippen molar-refractivity contribution < 1.29 is 9.22 Å². The quantitative estimate of drug-likeness (QED) is 0.311. The molecule has 2 aromatic carbocycles. The average Bonchev–Trinajstić information content (AvgIpc) is 3.15. The predicted octanol–water partition coefficient (Wildman–Crippen LogP) is 6.70. The molecule has 8 heteroatoms. The van der Waals surface area contributed by atoms with E-state index < -0.39 is 8.32 Å². The number of aromatic nitrogens is 2. The second kappa shape index (κ2) is 10.5. The van der Waals surface area contributed by atoms with Gasteiger partial charge in [0, 0.05) is 31.4 Å². The molecule has 1 aromatic heterocycles. The van der Waals surface area contributed by atoms with Crippen LogP contribution in [0.4, 0.5) is 10.5 Å². The van der Waals surface area contributed by atoms with E-state index in [-0.39, 0.29) is 17.1 Å². The summed E-state index contributed by atoms with van der Waals surface area (Å²) in [4.78, 5) is 22.3. The number of hydrogen-bond donors (Lipinski definition) is 0. The molecule has 1 atom stereocenters. The van der Waals surface area contributed by atoms with E-state index in [1.165, 1.54) is 11.3 Å². The second-order valence-corrected chi connectivity index (χ2v) is 16.6. The van der Waals surface area contributed by atoms with Gasteiger partial charge in [0.1, 0.15) is 0 Å². The van der Waals surface area contributed by atoms with Gasteiger partial charge < -0.3 is 13.9 Å². The Bertz CT molecular complexity index is 1190. The van der Waals surface area contributed by atoms with E-state index in [0.29, 0.717) is 19.6 Å². The lowest BCUT2D eigenvalue weighted by Gasteiger charge is -2.41. The van der Waals surface area contributed by atoms with Gasteiger partial charge >= 0.3 is 6.03 Å². The summed E-state index contributed by atoms with van der Waals surface area (Å²) >= 11 is 3.69. The smallest absolute Gasteiger partial charge is 0.324 e. The van der Waals surface area contributed by atoms with E-state index in [1.807, 2.05) is 48.3 Å². The first-order chi connectivity index (χ1) is 17.0. The number of para-hydroxylation sites is 1. The highest BCUT2D eigenvalue weighted by Gasteiger charge is 2.40. The van der Waals surface area contributed by atoms with Crippen molar-refractivity contribution in [3.8, 4) is 0 Å². The van der Waals surface area contributed by atoms with E-state index in [9.17, 15) is 4.79 Å². The van der Waals surface area contributed by atoms with Gasteiger partial charge in [-0.25, -0.2) is 9.78 Å². The minimum absolute atomic E-state index is 0.0376. The van der Waals surface area contributed by atoms with Crippen LogP contribution in [0.15, 0.2) is 65.4 Å². The minimum atomic E-state index is -1.99. The number of carbonyl (C=O) groups excluding carboxylic acids is 1. The van der Waals surface area contributed by atoms with Crippen molar-refractivity contribution in [3.63, 3.8) is 0 Å². The van der Waals surface area contributed by atoms with Crippen LogP contribution in [0.2, 0.25) is 18.1 Å². The molecule has 0 unspecified atom stereocenters. The summed E-state index contributed by atoms with van der Waals surface area (Å²) in [6, 6.07) is 20.1. The van der Waals surface area contributed by atoms with E-state index >= 15 is 0 Å². The Morgan fingerprint density at radius 2 is 1.72 bits per heavy atom. The van der Waals surface area contributed by atoms with E-state index in [4.69, 9.17) is 9.41 Å². The SMILES string of the molecule is CN(C(=O)N1Cc2nc(Br)n(Cc3ccccc3)c2C[C@H]1CO[Si](C)(C)C(C)(C)C)c1ccccc1. The summed E-state index contributed by atoms with van der Waals surface area (Å²) in [5.74, 6) is 0. The number of fused-ring (bicyclic) bond motifs is 1. The molecule has 36 heavy (non-hydrogen) atoms. The number of halogens is 1. The van der Waals surface area contributed by atoms with E-state index in [1.54, 1.807) is 4.90 Å². The van der Waals surface area contributed by atoms with Crippen LogP contribution in [0.3, 0.4) is 0 Å². The number of benzene rings is 2. The third-order valence-corrected chi connectivity index (χ3v) is 12.7. The summed E-state index contributed by atoms with van der Waals surface area (Å²) in [5.41, 5.74) is 4.19. The van der Waals surface area contributed by atoms with Crippen LogP contribution in [0.1, 0.15) is 37.7 Å². The van der Waals surface area contributed by atoms with Gasteiger partial charge in [-0.15, -0.1) is 0 Å². The Morgan fingerprint density at radius 1 is 1.11 bits per heavy atom. The average molecular weight is 570 g/mol. The fourth-order valence-electron chi connectivity index (χ4n) is 4.26. The lowest BCUT2D eigenvalue weighted by atomic mass is 10.0. The Balaban J connectivity index is 1.65. The number of anilines is 1. The van der Waals surface area contributed by atoms with Gasteiger partial charge in [-0.3, -0.25) is 4.90 Å². The molecule has 1 aliphatic heterocycles. The summed E-state index contributed by atoms with van der Waals surface area (Å²) in [7, 11) is -0.152. The lowest BCUT2D eigenvalue weighted by Crippen LogP contribution is -2.53. The first-order valence-corrected chi connectivity index (χ1v) is 16.2. The van der Waals surface area contributed by atoms with Crippen LogP contribution >= 0.6 is 15.9 Å². The normalized spacial score (nSPS) is 16.1. The first-order valence-electron chi connectivity index (χ1n) is 12.5. The van der Waals surface area contributed by atoms with E-state index in [0.717, 1.165) is 22.7 Å². The number of urea groups is 1. The third kappa shape index (κ3) is 5.60. The van der Waals surface area contributed by atoms with Gasteiger partial charge in [0.2, 0.25) is 0 Å². The molecule has 6 nitrogen and oxygen atoms in total. The molecule has 0 aliphatic carbocycles. The molecule has 4 rings (SSSR count). The molecule has 0 N–H and O–H groups in total. The molecule has 192 valence electrons. The fourth-order valence-corrected chi connectivity index (χ4v) is 5.85. The van der Waals surface area contributed by atoms with Crippen LogP contribution in [0.5, 0.6) is 0 Å². The first kappa shape index (κ1) is 26.6. The highest BCUT2D eigenvalue weighted by molar-refractivity contribution is 9.10. The van der Waals surface area contributed by atoms with Gasteiger partial charge in [0.05, 0.1) is 24.9 Å². The molecule has 0 spiro atoms. The van der Waals surface area contributed by atoms with Crippen molar-refractivity contribution in [2.75, 3.05) is 18.6 Å². The maximum absolute atomic E-state index is 13.8. The van der Waals surface area contributed by atoms with Crippen molar-refractivity contribution >= 4 is 36.0 Å². The molecule has 0 saturated heterocycles. The molecule has 1 aliphatic rings. The molecule has 0 saturated carbocycles. The van der Waals surface area contributed by atoms with Gasteiger partial charge in [0.25, 0.3) is 0 Å². The summed E-state index contributed by atoms with van der Waals surface area (Å²) in [6.45, 7) is 13.0. The third-order valence-electron chi connectivity index (χ3n) is 7.60. The van der Waals surface area contributed by atoms with Crippen molar-refractivity contribution in [2.24, 2.45) is 0 Å². The molecule has 3 aromatic rings. The molecule has 0 radical (unpaired) electrons. The van der Waals surface area contributed by atoms with Crippen molar-refractivity contribution in [3.05, 3.63) is 82.3 Å². The largest absolute Gasteiger partial charge is 0.415 e. The van der Waals surface area contributed by atoms with Gasteiger partial charge in [-0.1, -0.05) is 69.3 Å². The standard InChI is InChI=1S/C28H37BrN4O2Si/c1-28(2,3)36(5,6)35-20-23-17-25-24(30-26(29)33(25)18-21-13-9-7-10-14-21)19-32(23)27(34)31(4)22-15-11-8-12-16-22/h7-16,23H,17-20H2,1-6H3/t23-/m0/s1. The number of rotatable bonds is 6. The molecule has 0 bridgehead atoms. The van der Waals surface area contributed by atoms with Crippen LogP contribution in [0, 0.1) is 0 Å². The maximum Gasteiger partial charge on any atom is 0.324 e. The summed E-state index contributed by atoms with van der Waals surface area (Å²) < 4.78 is 9.69. The molecule has 2 heterocycles. The van der Waals surface area contributed by atoms with Crippen LogP contribution < -0.4 is 4.90 Å². The summed E-state index contributed by atoms with van der Waals surface area (Å²) in [6.07, 6.45) is 0.698. The van der Waals surface area contributed by atoms with Crippen molar-refractivity contribution in [1.29, 1.82) is 0 Å². The maximum atomic E-state index is 13.8. The van der Waals surface area contributed by atoms with Gasteiger partial charge in [-0.05, 0) is 51.8 Å². The molecule has 2 amide bonds. The van der Waals surface area contributed by atoms with Gasteiger partial charge in [0.15, 0.2) is 13.1 Å². The summed E-state index contributed by atoms with van der Waals surface area (Å²) in [5, 5.41) is 0.0978. The molecular weight excluding hydrogens is 532 g/mol. The minimum Gasteiger partial charge on any atom is -0.415 e. The Hall–Kier alpha value is -2.42. The topological polar surface area (TPSA) is 50.6 Å². The van der Waals surface area contributed by atoms with Crippen molar-refractivity contribution in [1.82, 2.24) is 14.5 Å². The number of imidazole rings is 1. The lowest BCUT2D eigenvalue weighted by molar-refractivity contribution is 0.126. The molecule has 0 fully saturated rings. The number of amides is 2. The Kier molecular flexibility index (Phi) is 7.78. The Labute approximate surface area is 224 Å². The Morgan fingerprint density at radius 3 is 2.33 bits per heavy atom. The number of nitrogens with zero attached hydrogens (tertiary/aromatic N) is 4. The monoisotopic (exact) mass is 568 g/mol. The zero-order valence-electron chi connectivity index (χ0n) is 22.2. The predicted molar refractivity (Wildman–Crippen MR) is 152 cm³/mol.